The maximum absolute atomic E-state index is 13.0. The lowest BCUT2D eigenvalue weighted by Crippen LogP contribution is -2.23. The zero-order valence-electron chi connectivity index (χ0n) is 23.6. The first kappa shape index (κ1) is 28.7. The molecule has 2 aromatic carbocycles. The summed E-state index contributed by atoms with van der Waals surface area (Å²) in [6.45, 7) is 2.79. The van der Waals surface area contributed by atoms with E-state index in [1.807, 2.05) is 48.8 Å². The van der Waals surface area contributed by atoms with Crippen LogP contribution < -0.4 is 28.2 Å². The van der Waals surface area contributed by atoms with E-state index in [4.69, 9.17) is 17.2 Å². The van der Waals surface area contributed by atoms with Gasteiger partial charge in [0.25, 0.3) is 0 Å². The van der Waals surface area contributed by atoms with Crippen LogP contribution in [-0.2, 0) is 13.0 Å². The molecule has 0 saturated heterocycles. The molecular formula is C32H37N9O. The van der Waals surface area contributed by atoms with Gasteiger partial charge in [0.1, 0.15) is 5.65 Å². The lowest BCUT2D eigenvalue weighted by Gasteiger charge is -2.09. The number of H-pyrrole nitrogens is 1. The van der Waals surface area contributed by atoms with Crippen LogP contribution in [0.4, 0.5) is 0 Å². The second kappa shape index (κ2) is 13.7. The molecule has 0 unspecified atom stereocenters. The molecule has 10 nitrogen and oxygen atoms in total. The molecule has 3 heterocycles. The number of unbranched alkanes of at least 4 members (excludes halogenated alkanes) is 1. The number of pyridine rings is 1. The van der Waals surface area contributed by atoms with Crippen LogP contribution in [0.3, 0.4) is 0 Å². The molecule has 5 aromatic rings. The van der Waals surface area contributed by atoms with Crippen molar-refractivity contribution >= 4 is 17.0 Å². The Hall–Kier alpha value is -4.80. The summed E-state index contributed by atoms with van der Waals surface area (Å²) in [6.07, 6.45) is 9.28. The highest BCUT2D eigenvalue weighted by Crippen LogP contribution is 2.30. The Balaban J connectivity index is 1.37. The Morgan fingerprint density at radius 3 is 2.55 bits per heavy atom. The Morgan fingerprint density at radius 1 is 0.952 bits per heavy atom. The first-order chi connectivity index (χ1) is 20.5. The van der Waals surface area contributed by atoms with Gasteiger partial charge in [-0.2, -0.15) is 4.98 Å². The second-order valence-corrected chi connectivity index (χ2v) is 10.3. The van der Waals surface area contributed by atoms with Gasteiger partial charge in [0.15, 0.2) is 5.96 Å². The van der Waals surface area contributed by atoms with Crippen LogP contribution in [-0.4, -0.2) is 45.1 Å². The molecule has 0 atom stereocenters. The van der Waals surface area contributed by atoms with Crippen LogP contribution in [0, 0.1) is 0 Å². The summed E-state index contributed by atoms with van der Waals surface area (Å²) >= 11 is 0. The number of nitrogens with two attached hydrogens (primary N) is 3. The molecule has 8 N–H and O–H groups in total. The van der Waals surface area contributed by atoms with E-state index < -0.39 is 0 Å². The van der Waals surface area contributed by atoms with E-state index in [1.54, 1.807) is 10.8 Å². The highest BCUT2D eigenvalue weighted by Gasteiger charge is 2.12. The molecule has 0 aliphatic rings. The number of rotatable bonds is 13. The third-order valence-electron chi connectivity index (χ3n) is 7.08. The minimum atomic E-state index is -0.340. The number of hydrogen-bond donors (Lipinski definition) is 5. The first-order valence-electron chi connectivity index (χ1n) is 14.2. The molecule has 10 heteroatoms. The van der Waals surface area contributed by atoms with E-state index in [2.05, 4.69) is 49.5 Å². The largest absolute Gasteiger partial charge is 0.370 e. The van der Waals surface area contributed by atoms with E-state index in [1.165, 1.54) is 5.56 Å². The van der Waals surface area contributed by atoms with E-state index in [9.17, 15) is 4.79 Å². The summed E-state index contributed by atoms with van der Waals surface area (Å²) in [4.78, 5) is 29.0. The van der Waals surface area contributed by atoms with Gasteiger partial charge in [0.05, 0.1) is 5.69 Å². The predicted molar refractivity (Wildman–Crippen MR) is 169 cm³/mol. The molecule has 0 aliphatic heterocycles. The Kier molecular flexibility index (Phi) is 9.37. The molecule has 0 aliphatic carbocycles. The fourth-order valence-electron chi connectivity index (χ4n) is 4.92. The van der Waals surface area contributed by atoms with Crippen LogP contribution in [0.15, 0.2) is 89.0 Å². The minimum absolute atomic E-state index is 0.114. The predicted octanol–water partition coefficient (Wildman–Crippen LogP) is 3.48. The summed E-state index contributed by atoms with van der Waals surface area (Å²) in [6, 6.07) is 20.5. The summed E-state index contributed by atoms with van der Waals surface area (Å²) < 4.78 is 1.58. The van der Waals surface area contributed by atoms with E-state index in [0.717, 1.165) is 71.2 Å². The molecule has 0 amide bonds. The van der Waals surface area contributed by atoms with Gasteiger partial charge >= 0.3 is 5.69 Å². The number of aryl methyl sites for hydroxylation is 1. The van der Waals surface area contributed by atoms with Crippen molar-refractivity contribution in [1.82, 2.24) is 24.8 Å². The maximum atomic E-state index is 13.0. The third-order valence-corrected chi connectivity index (χ3v) is 7.08. The third kappa shape index (κ3) is 7.28. The average Bonchev–Trinajstić information content (AvgIpc) is 3.42. The van der Waals surface area contributed by atoms with Gasteiger partial charge in [-0.25, -0.2) is 4.79 Å². The highest BCUT2D eigenvalue weighted by molar-refractivity contribution is 5.84. The molecule has 42 heavy (non-hydrogen) atoms. The highest BCUT2D eigenvalue weighted by atomic mass is 16.1. The van der Waals surface area contributed by atoms with Crippen molar-refractivity contribution in [3.05, 3.63) is 101 Å². The second-order valence-electron chi connectivity index (χ2n) is 10.3. The molecule has 0 spiro atoms. The van der Waals surface area contributed by atoms with Crippen molar-refractivity contribution in [1.29, 1.82) is 0 Å². The Morgan fingerprint density at radius 2 is 1.79 bits per heavy atom. The standard InChI is InChI=1S/C32H37N9O/c33-11-2-1-5-23-15-25(24-6-3-12-37-20-24)17-26(16-23)29-18-27-21-41(32(42)40-30(27)39-29)28-9-7-22(8-10-28)19-36-13-4-14-38-31(34)35/h3,6-10,12,15-18,20-21,36H,1-2,4-5,11,13-14,19,33H2,(H4,34,35,38)(H,39,40,42). The van der Waals surface area contributed by atoms with Gasteiger partial charge < -0.3 is 27.5 Å². The van der Waals surface area contributed by atoms with Crippen molar-refractivity contribution in [2.24, 2.45) is 22.2 Å². The Labute approximate surface area is 244 Å². The number of nitrogens with zero attached hydrogens (tertiary/aromatic N) is 4. The SMILES string of the molecule is NCCCCc1cc(-c2cccnc2)cc(-c2cc3cn(-c4ccc(CNCCCN=C(N)N)cc4)c(=O)nc3[nH]2)c1. The number of fused-ring (bicyclic) bond motifs is 1. The van der Waals surface area contributed by atoms with E-state index >= 15 is 0 Å². The maximum Gasteiger partial charge on any atom is 0.354 e. The van der Waals surface area contributed by atoms with Crippen molar-refractivity contribution < 1.29 is 0 Å². The van der Waals surface area contributed by atoms with Gasteiger partial charge in [0, 0.05) is 48.3 Å². The number of guanidine groups is 1. The van der Waals surface area contributed by atoms with Crippen LogP contribution >= 0.6 is 0 Å². The lowest BCUT2D eigenvalue weighted by molar-refractivity contribution is 0.655. The number of nitrogens with one attached hydrogen (secondary N) is 2. The lowest BCUT2D eigenvalue weighted by atomic mass is 9.97. The van der Waals surface area contributed by atoms with Crippen LogP contribution in [0.2, 0.25) is 0 Å². The van der Waals surface area contributed by atoms with Gasteiger partial charge in [-0.1, -0.05) is 24.3 Å². The van der Waals surface area contributed by atoms with Gasteiger partial charge in [0.2, 0.25) is 0 Å². The van der Waals surface area contributed by atoms with Crippen molar-refractivity contribution in [2.75, 3.05) is 19.6 Å². The summed E-state index contributed by atoms with van der Waals surface area (Å²) in [7, 11) is 0. The van der Waals surface area contributed by atoms with Crippen molar-refractivity contribution in [3.63, 3.8) is 0 Å². The van der Waals surface area contributed by atoms with Crippen molar-refractivity contribution in [2.45, 2.75) is 32.2 Å². The fourth-order valence-corrected chi connectivity index (χ4v) is 4.92. The molecule has 3 aromatic heterocycles. The molecule has 216 valence electrons. The van der Waals surface area contributed by atoms with Crippen LogP contribution in [0.1, 0.15) is 30.4 Å². The van der Waals surface area contributed by atoms with Gasteiger partial charge in [-0.05, 0) is 97.4 Å². The zero-order valence-corrected chi connectivity index (χ0v) is 23.6. The summed E-state index contributed by atoms with van der Waals surface area (Å²) in [5.74, 6) is 0.114. The zero-order chi connectivity index (χ0) is 29.3. The number of aromatic amines is 1. The number of aromatic nitrogens is 4. The molecule has 5 rings (SSSR count). The van der Waals surface area contributed by atoms with Gasteiger partial charge in [-0.3, -0.25) is 14.5 Å². The topological polar surface area (TPSA) is 166 Å². The van der Waals surface area contributed by atoms with Crippen LogP contribution in [0.25, 0.3) is 39.1 Å². The minimum Gasteiger partial charge on any atom is -0.370 e. The Bertz CT molecular complexity index is 1700. The number of hydrogen-bond acceptors (Lipinski definition) is 6. The molecule has 0 fully saturated rings. The van der Waals surface area contributed by atoms with E-state index in [0.29, 0.717) is 25.3 Å². The smallest absolute Gasteiger partial charge is 0.354 e. The fraction of sp³-hybridized carbons (Fsp3) is 0.250. The number of aliphatic imine (C=N–C) groups is 1. The van der Waals surface area contributed by atoms with Gasteiger partial charge in [-0.15, -0.1) is 0 Å². The molecule has 0 saturated carbocycles. The first-order valence-corrected chi connectivity index (χ1v) is 14.2. The average molecular weight is 564 g/mol. The monoisotopic (exact) mass is 563 g/mol. The molecule has 0 radical (unpaired) electrons. The van der Waals surface area contributed by atoms with Crippen molar-refractivity contribution in [3.8, 4) is 28.1 Å². The number of benzene rings is 2. The summed E-state index contributed by atoms with van der Waals surface area (Å²) in [5.41, 5.74) is 23.8. The molecule has 0 bridgehead atoms. The quantitative estimate of drug-likeness (QED) is 0.0831. The normalized spacial score (nSPS) is 11.2. The summed E-state index contributed by atoms with van der Waals surface area (Å²) in [5, 5.41) is 4.23. The molecular weight excluding hydrogens is 526 g/mol. The van der Waals surface area contributed by atoms with Crippen LogP contribution in [0.5, 0.6) is 0 Å². The van der Waals surface area contributed by atoms with E-state index in [-0.39, 0.29) is 11.6 Å².